The van der Waals surface area contributed by atoms with E-state index in [0.29, 0.717) is 35.0 Å². The minimum atomic E-state index is -3.26. The van der Waals surface area contributed by atoms with Gasteiger partial charge < -0.3 is 0 Å². The van der Waals surface area contributed by atoms with Crippen LogP contribution in [-0.4, -0.2) is 32.3 Å². The van der Waals surface area contributed by atoms with E-state index in [1.807, 2.05) is 24.3 Å². The second-order valence-corrected chi connectivity index (χ2v) is 9.40. The third-order valence-electron chi connectivity index (χ3n) is 4.12. The van der Waals surface area contributed by atoms with Crippen LogP contribution in [0.4, 0.5) is 5.69 Å². The molecule has 1 aliphatic heterocycles. The Balaban J connectivity index is 1.73. The zero-order valence-electron chi connectivity index (χ0n) is 13.7. The van der Waals surface area contributed by atoms with Gasteiger partial charge in [-0.1, -0.05) is 17.7 Å². The lowest BCUT2D eigenvalue weighted by molar-refractivity contribution is 0.102. The summed E-state index contributed by atoms with van der Waals surface area (Å²) in [4.78, 5) is 13.4. The van der Waals surface area contributed by atoms with Crippen molar-refractivity contribution in [3.8, 4) is 0 Å². The van der Waals surface area contributed by atoms with Gasteiger partial charge in [-0.15, -0.1) is 11.8 Å². The molecule has 3 rings (SSSR count). The van der Waals surface area contributed by atoms with Gasteiger partial charge in [-0.25, -0.2) is 8.42 Å². The van der Waals surface area contributed by atoms with Gasteiger partial charge in [-0.2, -0.15) is 0 Å². The number of carbonyl (C=O) groups is 1. The number of Topliss-reactive ketones (excluding diaryl/α,β-unsaturated/α-hetero) is 1. The summed E-state index contributed by atoms with van der Waals surface area (Å²) in [6.07, 6.45) is 0.636. The monoisotopic (exact) mass is 395 g/mol. The lowest BCUT2D eigenvalue weighted by Gasteiger charge is -2.18. The van der Waals surface area contributed by atoms with Crippen molar-refractivity contribution in [2.45, 2.75) is 18.2 Å². The van der Waals surface area contributed by atoms with E-state index in [0.717, 1.165) is 10.5 Å². The van der Waals surface area contributed by atoms with Crippen molar-refractivity contribution < 1.29 is 13.2 Å². The Labute approximate surface area is 157 Å². The van der Waals surface area contributed by atoms with Gasteiger partial charge in [0, 0.05) is 22.0 Å². The first-order valence-corrected chi connectivity index (χ1v) is 10.9. The molecule has 132 valence electrons. The van der Waals surface area contributed by atoms with Gasteiger partial charge in [-0.3, -0.25) is 9.10 Å². The van der Waals surface area contributed by atoms with Crippen molar-refractivity contribution in [2.24, 2.45) is 0 Å². The number of thioether (sulfide) groups is 1. The Morgan fingerprint density at radius 2 is 2.04 bits per heavy atom. The van der Waals surface area contributed by atoms with Crippen molar-refractivity contribution >= 4 is 44.9 Å². The fraction of sp³-hybridized carbons (Fsp3) is 0.278. The molecule has 0 bridgehead atoms. The minimum Gasteiger partial charge on any atom is -0.293 e. The summed E-state index contributed by atoms with van der Waals surface area (Å²) >= 11 is 7.39. The molecule has 2 aromatic carbocycles. The number of sulfonamides is 1. The molecule has 0 fully saturated rings. The number of rotatable bonds is 6. The van der Waals surface area contributed by atoms with Crippen molar-refractivity contribution in [3.63, 3.8) is 0 Å². The van der Waals surface area contributed by atoms with Gasteiger partial charge in [0.15, 0.2) is 5.78 Å². The van der Waals surface area contributed by atoms with E-state index in [4.69, 9.17) is 11.6 Å². The molecule has 0 aliphatic carbocycles. The van der Waals surface area contributed by atoms with Crippen LogP contribution in [0.2, 0.25) is 5.02 Å². The summed E-state index contributed by atoms with van der Waals surface area (Å²) in [5.41, 5.74) is 2.22. The molecule has 0 amide bonds. The van der Waals surface area contributed by atoms with Gasteiger partial charge in [0.05, 0.1) is 17.2 Å². The molecule has 0 N–H and O–H groups in total. The van der Waals surface area contributed by atoms with Crippen molar-refractivity contribution in [1.29, 1.82) is 0 Å². The molecule has 0 saturated carbocycles. The Morgan fingerprint density at radius 3 is 2.76 bits per heavy atom. The van der Waals surface area contributed by atoms with Crippen molar-refractivity contribution in [2.75, 3.05) is 22.4 Å². The van der Waals surface area contributed by atoms with E-state index >= 15 is 0 Å². The Kier molecular flexibility index (Phi) is 5.41. The van der Waals surface area contributed by atoms with E-state index in [-0.39, 0.29) is 11.5 Å². The Morgan fingerprint density at radius 1 is 1.24 bits per heavy atom. The highest BCUT2D eigenvalue weighted by Crippen LogP contribution is 2.32. The highest BCUT2D eigenvalue weighted by atomic mass is 35.5. The van der Waals surface area contributed by atoms with Crippen LogP contribution in [0.1, 0.15) is 22.8 Å². The largest absolute Gasteiger partial charge is 0.293 e. The van der Waals surface area contributed by atoms with Crippen LogP contribution in [0.15, 0.2) is 47.4 Å². The molecule has 0 atom stereocenters. The van der Waals surface area contributed by atoms with Crippen LogP contribution in [0, 0.1) is 0 Å². The van der Waals surface area contributed by atoms with E-state index < -0.39 is 10.0 Å². The number of nitrogens with zero attached hydrogens (tertiary/aromatic N) is 1. The van der Waals surface area contributed by atoms with Crippen LogP contribution in [0.5, 0.6) is 0 Å². The zero-order chi connectivity index (χ0) is 18.0. The minimum absolute atomic E-state index is 0.0181. The van der Waals surface area contributed by atoms with Gasteiger partial charge in [0.2, 0.25) is 10.0 Å². The topological polar surface area (TPSA) is 54.5 Å². The molecule has 7 heteroatoms. The number of ketones is 1. The average Bonchev–Trinajstić information content (AvgIpc) is 3.03. The normalized spacial score (nSPS) is 13.8. The average molecular weight is 396 g/mol. The number of hydrogen-bond donors (Lipinski definition) is 0. The summed E-state index contributed by atoms with van der Waals surface area (Å²) in [5.74, 6) is 0.407. The molecule has 0 radical (unpaired) electrons. The first-order chi connectivity index (χ1) is 11.9. The molecule has 1 heterocycles. The summed E-state index contributed by atoms with van der Waals surface area (Å²) in [7, 11) is -3.26. The smallest absolute Gasteiger partial charge is 0.234 e. The van der Waals surface area contributed by atoms with E-state index in [9.17, 15) is 13.2 Å². The van der Waals surface area contributed by atoms with Gasteiger partial charge in [0.1, 0.15) is 0 Å². The molecule has 0 saturated heterocycles. The van der Waals surface area contributed by atoms with E-state index in [2.05, 4.69) is 0 Å². The number of hydrogen-bond acceptors (Lipinski definition) is 4. The fourth-order valence-electron chi connectivity index (χ4n) is 2.78. The molecule has 4 nitrogen and oxygen atoms in total. The third kappa shape index (κ3) is 4.02. The third-order valence-corrected chi connectivity index (χ3v) is 7.13. The maximum absolute atomic E-state index is 12.5. The van der Waals surface area contributed by atoms with E-state index in [1.54, 1.807) is 25.1 Å². The highest BCUT2D eigenvalue weighted by Gasteiger charge is 2.28. The zero-order valence-corrected chi connectivity index (χ0v) is 16.1. The Bertz CT molecular complexity index is 912. The molecular formula is C18H18ClNO3S2. The highest BCUT2D eigenvalue weighted by molar-refractivity contribution is 8.00. The summed E-state index contributed by atoms with van der Waals surface area (Å²) in [6.45, 7) is 2.08. The number of halogens is 1. The molecule has 2 aromatic rings. The molecule has 0 spiro atoms. The van der Waals surface area contributed by atoms with Crippen LogP contribution in [0.25, 0.3) is 0 Å². The Hall–Kier alpha value is -1.50. The molecular weight excluding hydrogens is 378 g/mol. The predicted octanol–water partition coefficient (Wildman–Crippen LogP) is 4.03. The molecule has 0 unspecified atom stereocenters. The maximum Gasteiger partial charge on any atom is 0.234 e. The van der Waals surface area contributed by atoms with Crippen molar-refractivity contribution in [1.82, 2.24) is 0 Å². The van der Waals surface area contributed by atoms with Crippen LogP contribution in [-0.2, 0) is 16.4 Å². The molecule has 1 aliphatic rings. The van der Waals surface area contributed by atoms with Gasteiger partial charge >= 0.3 is 0 Å². The standard InChI is InChI=1S/C18H18ClNO3S2/c1-2-25(22,23)20-9-8-13-10-14(6-7-17(13)20)18(21)12-24-16-5-3-4-15(19)11-16/h3-7,10-11H,2,8-9,12H2,1H3. The number of anilines is 1. The quantitative estimate of drug-likeness (QED) is 0.547. The van der Waals surface area contributed by atoms with Crippen LogP contribution in [0.3, 0.4) is 0 Å². The molecule has 0 aromatic heterocycles. The SMILES string of the molecule is CCS(=O)(=O)N1CCc2cc(C(=O)CSc3cccc(Cl)c3)ccc21. The number of fused-ring (bicyclic) bond motifs is 1. The van der Waals surface area contributed by atoms with Gasteiger partial charge in [-0.05, 0) is 55.3 Å². The number of benzene rings is 2. The van der Waals surface area contributed by atoms with Crippen molar-refractivity contribution in [3.05, 3.63) is 58.6 Å². The first kappa shape index (κ1) is 18.3. The first-order valence-electron chi connectivity index (χ1n) is 7.95. The van der Waals surface area contributed by atoms with E-state index in [1.165, 1.54) is 16.1 Å². The maximum atomic E-state index is 12.5. The second-order valence-electron chi connectivity index (χ2n) is 5.74. The fourth-order valence-corrected chi connectivity index (χ4v) is 5.04. The summed E-state index contributed by atoms with van der Waals surface area (Å²) in [5, 5.41) is 0.646. The van der Waals surface area contributed by atoms with Crippen LogP contribution >= 0.6 is 23.4 Å². The lowest BCUT2D eigenvalue weighted by atomic mass is 10.1. The predicted molar refractivity (Wildman–Crippen MR) is 103 cm³/mol. The molecule has 25 heavy (non-hydrogen) atoms. The second kappa shape index (κ2) is 7.40. The lowest BCUT2D eigenvalue weighted by Crippen LogP contribution is -2.30. The summed E-state index contributed by atoms with van der Waals surface area (Å²) in [6, 6.07) is 12.7. The van der Waals surface area contributed by atoms with Crippen LogP contribution < -0.4 is 4.31 Å². The summed E-state index contributed by atoms with van der Waals surface area (Å²) < 4.78 is 25.7. The number of carbonyl (C=O) groups excluding carboxylic acids is 1. The van der Waals surface area contributed by atoms with Gasteiger partial charge in [0.25, 0.3) is 0 Å².